The minimum Gasteiger partial charge on any atom is -0.382 e. The minimum atomic E-state index is 0.409. The molecule has 1 heterocycles. The van der Waals surface area contributed by atoms with E-state index in [1.54, 1.807) is 7.11 Å². The van der Waals surface area contributed by atoms with E-state index in [0.29, 0.717) is 25.7 Å². The van der Waals surface area contributed by atoms with Crippen molar-refractivity contribution in [1.29, 1.82) is 0 Å². The number of benzene rings is 1. The van der Waals surface area contributed by atoms with E-state index in [0.717, 1.165) is 23.4 Å². The summed E-state index contributed by atoms with van der Waals surface area (Å²) in [5, 5.41) is 0. The predicted molar refractivity (Wildman–Crippen MR) is 76.7 cm³/mol. The van der Waals surface area contributed by atoms with E-state index in [9.17, 15) is 0 Å². The van der Waals surface area contributed by atoms with Gasteiger partial charge in [-0.2, -0.15) is 0 Å². The number of hydrogen-bond donors (Lipinski definition) is 0. The first kappa shape index (κ1) is 14.3. The van der Waals surface area contributed by atoms with Crippen molar-refractivity contribution >= 4 is 22.6 Å². The van der Waals surface area contributed by atoms with Crippen LogP contribution in [0.4, 0.5) is 0 Å². The summed E-state index contributed by atoms with van der Waals surface area (Å²) in [6.45, 7) is 4.68. The maximum absolute atomic E-state index is 5.96. The van der Waals surface area contributed by atoms with E-state index < -0.39 is 0 Å². The number of alkyl halides is 1. The second-order valence-corrected chi connectivity index (χ2v) is 4.68. The number of methoxy groups -OCH3 is 1. The van der Waals surface area contributed by atoms with Crippen LogP contribution in [0.5, 0.6) is 0 Å². The molecule has 0 amide bonds. The van der Waals surface area contributed by atoms with Gasteiger partial charge in [0.1, 0.15) is 5.82 Å². The summed E-state index contributed by atoms with van der Waals surface area (Å²) in [4.78, 5) is 4.56. The Labute approximate surface area is 118 Å². The van der Waals surface area contributed by atoms with Crippen molar-refractivity contribution in [1.82, 2.24) is 9.55 Å². The van der Waals surface area contributed by atoms with E-state index in [1.807, 2.05) is 0 Å². The Balaban J connectivity index is 2.11. The van der Waals surface area contributed by atoms with Crippen LogP contribution < -0.4 is 0 Å². The number of ether oxygens (including phenoxy) is 2. The third-order valence-electron chi connectivity index (χ3n) is 2.99. The zero-order chi connectivity index (χ0) is 13.7. The quantitative estimate of drug-likeness (QED) is 0.579. The Bertz CT molecular complexity index is 539. The van der Waals surface area contributed by atoms with Crippen LogP contribution in [0.25, 0.3) is 11.0 Å². The van der Waals surface area contributed by atoms with Crippen molar-refractivity contribution in [3.05, 3.63) is 29.6 Å². The van der Waals surface area contributed by atoms with E-state index >= 15 is 0 Å². The maximum Gasteiger partial charge on any atom is 0.124 e. The molecule has 0 atom stereocenters. The number of halogens is 1. The Kier molecular flexibility index (Phi) is 5.19. The van der Waals surface area contributed by atoms with Crippen molar-refractivity contribution < 1.29 is 9.47 Å². The number of rotatable bonds is 7. The Hall–Kier alpha value is -1.10. The fourth-order valence-corrected chi connectivity index (χ4v) is 2.25. The summed E-state index contributed by atoms with van der Waals surface area (Å²) in [6.07, 6.45) is 0. The van der Waals surface area contributed by atoms with Gasteiger partial charge >= 0.3 is 0 Å². The molecule has 4 nitrogen and oxygen atoms in total. The predicted octanol–water partition coefficient (Wildman–Crippen LogP) is 2.75. The lowest BCUT2D eigenvalue weighted by atomic mass is 10.2. The highest BCUT2D eigenvalue weighted by Crippen LogP contribution is 2.18. The smallest absolute Gasteiger partial charge is 0.124 e. The Morgan fingerprint density at radius 2 is 2.11 bits per heavy atom. The van der Waals surface area contributed by atoms with Gasteiger partial charge in [-0.3, -0.25) is 0 Å². The minimum absolute atomic E-state index is 0.409. The van der Waals surface area contributed by atoms with Crippen LogP contribution >= 0.6 is 11.6 Å². The van der Waals surface area contributed by atoms with Gasteiger partial charge in [-0.1, -0.05) is 6.07 Å². The van der Waals surface area contributed by atoms with Crippen LogP contribution in [0.2, 0.25) is 0 Å². The van der Waals surface area contributed by atoms with E-state index in [2.05, 4.69) is 34.7 Å². The van der Waals surface area contributed by atoms with Crippen LogP contribution in [0.3, 0.4) is 0 Å². The van der Waals surface area contributed by atoms with Gasteiger partial charge in [-0.05, 0) is 24.6 Å². The monoisotopic (exact) mass is 282 g/mol. The number of aromatic nitrogens is 2. The molecule has 1 aromatic heterocycles. The fourth-order valence-electron chi connectivity index (χ4n) is 2.04. The van der Waals surface area contributed by atoms with Gasteiger partial charge in [0.25, 0.3) is 0 Å². The van der Waals surface area contributed by atoms with E-state index in [-0.39, 0.29) is 0 Å². The highest BCUT2D eigenvalue weighted by molar-refractivity contribution is 6.16. The standard InChI is InChI=1S/C14H19ClN2O2/c1-11-3-4-13-12(9-11)16-14(10-15)17(13)5-6-19-8-7-18-2/h3-4,9H,5-8,10H2,1-2H3. The van der Waals surface area contributed by atoms with Gasteiger partial charge in [0, 0.05) is 13.7 Å². The first-order valence-electron chi connectivity index (χ1n) is 6.34. The first-order chi connectivity index (χ1) is 9.26. The molecule has 0 aliphatic heterocycles. The van der Waals surface area contributed by atoms with E-state index in [4.69, 9.17) is 21.1 Å². The Morgan fingerprint density at radius 3 is 2.84 bits per heavy atom. The zero-order valence-electron chi connectivity index (χ0n) is 11.4. The summed E-state index contributed by atoms with van der Waals surface area (Å²) >= 11 is 5.96. The molecule has 104 valence electrons. The van der Waals surface area contributed by atoms with Gasteiger partial charge in [0.15, 0.2) is 0 Å². The van der Waals surface area contributed by atoms with Crippen molar-refractivity contribution in [2.45, 2.75) is 19.3 Å². The lowest BCUT2D eigenvalue weighted by Gasteiger charge is -2.08. The van der Waals surface area contributed by atoms with E-state index in [1.165, 1.54) is 5.56 Å². The van der Waals surface area contributed by atoms with Crippen molar-refractivity contribution in [2.75, 3.05) is 26.9 Å². The second kappa shape index (κ2) is 6.89. The van der Waals surface area contributed by atoms with Crippen molar-refractivity contribution in [3.8, 4) is 0 Å². The molecule has 0 aliphatic rings. The van der Waals surface area contributed by atoms with Crippen LogP contribution in [0.15, 0.2) is 18.2 Å². The summed E-state index contributed by atoms with van der Waals surface area (Å²) in [5.41, 5.74) is 3.30. The van der Waals surface area contributed by atoms with Crippen molar-refractivity contribution in [2.24, 2.45) is 0 Å². The molecule has 0 saturated carbocycles. The molecule has 0 radical (unpaired) electrons. The van der Waals surface area contributed by atoms with Gasteiger partial charge in [0.05, 0.1) is 36.7 Å². The molecule has 0 N–H and O–H groups in total. The molecule has 0 spiro atoms. The van der Waals surface area contributed by atoms with Gasteiger partial charge < -0.3 is 14.0 Å². The number of aryl methyl sites for hydroxylation is 1. The summed E-state index contributed by atoms with van der Waals surface area (Å²) in [5.74, 6) is 1.30. The molecule has 1 aromatic carbocycles. The molecular formula is C14H19ClN2O2. The molecule has 5 heteroatoms. The normalized spacial score (nSPS) is 11.3. The molecular weight excluding hydrogens is 264 g/mol. The molecule has 2 rings (SSSR count). The summed E-state index contributed by atoms with van der Waals surface area (Å²) in [6, 6.07) is 6.25. The molecule has 2 aromatic rings. The lowest BCUT2D eigenvalue weighted by molar-refractivity contribution is 0.0667. The number of nitrogens with zero attached hydrogens (tertiary/aromatic N) is 2. The topological polar surface area (TPSA) is 36.3 Å². The van der Waals surface area contributed by atoms with Crippen LogP contribution in [-0.4, -0.2) is 36.5 Å². The zero-order valence-corrected chi connectivity index (χ0v) is 12.1. The number of fused-ring (bicyclic) bond motifs is 1. The van der Waals surface area contributed by atoms with Gasteiger partial charge in [-0.15, -0.1) is 11.6 Å². The van der Waals surface area contributed by atoms with Gasteiger partial charge in [0.2, 0.25) is 0 Å². The maximum atomic E-state index is 5.96. The Morgan fingerprint density at radius 1 is 1.26 bits per heavy atom. The van der Waals surface area contributed by atoms with Crippen molar-refractivity contribution in [3.63, 3.8) is 0 Å². The molecule has 0 bridgehead atoms. The first-order valence-corrected chi connectivity index (χ1v) is 6.88. The third-order valence-corrected chi connectivity index (χ3v) is 3.23. The largest absolute Gasteiger partial charge is 0.382 e. The SMILES string of the molecule is COCCOCCn1c(CCl)nc2cc(C)ccc21. The summed E-state index contributed by atoms with van der Waals surface area (Å²) < 4.78 is 12.6. The van der Waals surface area contributed by atoms with Crippen LogP contribution in [0, 0.1) is 6.92 Å². The summed E-state index contributed by atoms with van der Waals surface area (Å²) in [7, 11) is 1.67. The van der Waals surface area contributed by atoms with Crippen LogP contribution in [0.1, 0.15) is 11.4 Å². The molecule has 19 heavy (non-hydrogen) atoms. The highest BCUT2D eigenvalue weighted by Gasteiger charge is 2.09. The number of imidazole rings is 1. The molecule has 0 saturated heterocycles. The van der Waals surface area contributed by atoms with Crippen LogP contribution in [-0.2, 0) is 21.9 Å². The average Bonchev–Trinajstić information content (AvgIpc) is 2.75. The number of hydrogen-bond acceptors (Lipinski definition) is 3. The fraction of sp³-hybridized carbons (Fsp3) is 0.500. The molecule has 0 unspecified atom stereocenters. The lowest BCUT2D eigenvalue weighted by Crippen LogP contribution is -2.11. The van der Waals surface area contributed by atoms with Gasteiger partial charge in [-0.25, -0.2) is 4.98 Å². The molecule has 0 fully saturated rings. The third kappa shape index (κ3) is 3.47. The molecule has 0 aliphatic carbocycles. The highest BCUT2D eigenvalue weighted by atomic mass is 35.5. The second-order valence-electron chi connectivity index (χ2n) is 4.41. The average molecular weight is 283 g/mol.